The van der Waals surface area contributed by atoms with Crippen molar-refractivity contribution in [2.75, 3.05) is 0 Å². The number of ether oxygens (including phenoxy) is 1. The van der Waals surface area contributed by atoms with Gasteiger partial charge in [0.05, 0.1) is 12.0 Å². The predicted octanol–water partition coefficient (Wildman–Crippen LogP) is 5.29. The molecule has 0 spiro atoms. The van der Waals surface area contributed by atoms with Gasteiger partial charge in [0.15, 0.2) is 0 Å². The van der Waals surface area contributed by atoms with Gasteiger partial charge in [-0.15, -0.1) is 11.6 Å². The molecule has 0 heterocycles. The van der Waals surface area contributed by atoms with Crippen LogP contribution in [0.5, 0.6) is 5.75 Å². The fourth-order valence-electron chi connectivity index (χ4n) is 2.93. The monoisotopic (exact) mass is 274 g/mol. The zero-order valence-corrected chi connectivity index (χ0v) is 11.8. The first kappa shape index (κ1) is 12.8. The molecule has 2 aromatic rings. The van der Waals surface area contributed by atoms with Gasteiger partial charge in [-0.05, 0) is 42.5 Å². The van der Waals surface area contributed by atoms with Gasteiger partial charge in [0, 0.05) is 5.56 Å². The highest BCUT2D eigenvalue weighted by Crippen LogP contribution is 2.32. The maximum Gasteiger partial charge on any atom is 0.124 e. The number of fused-ring (bicyclic) bond motifs is 1. The molecule has 0 N–H and O–H groups in total. The lowest BCUT2D eigenvalue weighted by Crippen LogP contribution is -2.20. The standard InChI is InChI=1S/C17H19ClO/c18-12-16-15-9-5-4-6-13(15)10-11-17(16)19-14-7-2-1-3-8-14/h4-6,9-11,14H,1-3,7-8,12H2. The van der Waals surface area contributed by atoms with Gasteiger partial charge in [0.1, 0.15) is 5.75 Å². The average Bonchev–Trinajstić information content (AvgIpc) is 2.48. The molecule has 2 heteroatoms. The first-order valence-corrected chi connectivity index (χ1v) is 7.65. The fraction of sp³-hybridized carbons (Fsp3) is 0.412. The molecule has 0 bridgehead atoms. The summed E-state index contributed by atoms with van der Waals surface area (Å²) in [6, 6.07) is 12.6. The second-order valence-corrected chi connectivity index (χ2v) is 5.54. The molecular formula is C17H19ClO. The minimum atomic E-state index is 0.372. The molecule has 19 heavy (non-hydrogen) atoms. The van der Waals surface area contributed by atoms with Gasteiger partial charge in [-0.25, -0.2) is 0 Å². The Morgan fingerprint density at radius 1 is 1.00 bits per heavy atom. The van der Waals surface area contributed by atoms with Gasteiger partial charge in [-0.2, -0.15) is 0 Å². The summed E-state index contributed by atoms with van der Waals surface area (Å²) in [6.07, 6.45) is 6.64. The summed E-state index contributed by atoms with van der Waals surface area (Å²) in [4.78, 5) is 0. The molecule has 2 aromatic carbocycles. The molecule has 1 aliphatic rings. The van der Waals surface area contributed by atoms with Crippen LogP contribution in [0.25, 0.3) is 10.8 Å². The molecular weight excluding hydrogens is 256 g/mol. The van der Waals surface area contributed by atoms with E-state index in [1.165, 1.54) is 42.9 Å². The quantitative estimate of drug-likeness (QED) is 0.691. The maximum atomic E-state index is 6.20. The van der Waals surface area contributed by atoms with E-state index in [0.717, 1.165) is 11.3 Å². The van der Waals surface area contributed by atoms with Crippen LogP contribution in [0.3, 0.4) is 0 Å². The highest BCUT2D eigenvalue weighted by atomic mass is 35.5. The van der Waals surface area contributed by atoms with Crippen molar-refractivity contribution in [3.8, 4) is 5.75 Å². The minimum absolute atomic E-state index is 0.372. The smallest absolute Gasteiger partial charge is 0.124 e. The first-order chi connectivity index (χ1) is 9.38. The normalized spacial score (nSPS) is 16.7. The van der Waals surface area contributed by atoms with E-state index in [0.29, 0.717) is 12.0 Å². The lowest BCUT2D eigenvalue weighted by atomic mass is 9.97. The highest BCUT2D eigenvalue weighted by Gasteiger charge is 2.17. The third-order valence-corrected chi connectivity index (χ3v) is 4.24. The third kappa shape index (κ3) is 2.71. The summed E-state index contributed by atoms with van der Waals surface area (Å²) in [5.74, 6) is 1.48. The zero-order valence-electron chi connectivity index (χ0n) is 11.1. The van der Waals surface area contributed by atoms with Crippen molar-refractivity contribution < 1.29 is 4.74 Å². The van der Waals surface area contributed by atoms with E-state index in [-0.39, 0.29) is 0 Å². The number of halogens is 1. The molecule has 1 saturated carbocycles. The molecule has 0 amide bonds. The SMILES string of the molecule is ClCc1c(OC2CCCCC2)ccc2ccccc12. The first-order valence-electron chi connectivity index (χ1n) is 7.12. The summed E-state index contributed by atoms with van der Waals surface area (Å²) in [5, 5.41) is 2.44. The van der Waals surface area contributed by atoms with E-state index in [9.17, 15) is 0 Å². The van der Waals surface area contributed by atoms with Crippen molar-refractivity contribution in [1.29, 1.82) is 0 Å². The van der Waals surface area contributed by atoms with Crippen molar-refractivity contribution in [1.82, 2.24) is 0 Å². The Morgan fingerprint density at radius 2 is 1.79 bits per heavy atom. The molecule has 100 valence electrons. The van der Waals surface area contributed by atoms with Crippen LogP contribution in [0.1, 0.15) is 37.7 Å². The Labute approximate surface area is 119 Å². The third-order valence-electron chi connectivity index (χ3n) is 3.98. The lowest BCUT2D eigenvalue weighted by molar-refractivity contribution is 0.154. The minimum Gasteiger partial charge on any atom is -0.490 e. The van der Waals surface area contributed by atoms with E-state index < -0.39 is 0 Å². The van der Waals surface area contributed by atoms with Gasteiger partial charge in [-0.3, -0.25) is 0 Å². The number of alkyl halides is 1. The fourth-order valence-corrected chi connectivity index (χ4v) is 3.20. The van der Waals surface area contributed by atoms with Crippen LogP contribution < -0.4 is 4.74 Å². The summed E-state index contributed by atoms with van der Waals surface area (Å²) < 4.78 is 6.20. The van der Waals surface area contributed by atoms with Crippen LogP contribution in [0, 0.1) is 0 Å². The molecule has 0 saturated heterocycles. The molecule has 0 atom stereocenters. The van der Waals surface area contributed by atoms with Crippen molar-refractivity contribution in [3.05, 3.63) is 42.0 Å². The van der Waals surface area contributed by atoms with Crippen LogP contribution in [-0.2, 0) is 5.88 Å². The molecule has 0 aliphatic heterocycles. The number of benzene rings is 2. The molecule has 3 rings (SSSR count). The van der Waals surface area contributed by atoms with Gasteiger partial charge >= 0.3 is 0 Å². The Kier molecular flexibility index (Phi) is 3.93. The van der Waals surface area contributed by atoms with Crippen molar-refractivity contribution >= 4 is 22.4 Å². The molecule has 1 fully saturated rings. The summed E-state index contributed by atoms with van der Waals surface area (Å²) in [7, 11) is 0. The maximum absolute atomic E-state index is 6.20. The summed E-state index contributed by atoms with van der Waals surface area (Å²) >= 11 is 6.15. The largest absolute Gasteiger partial charge is 0.490 e. The average molecular weight is 275 g/mol. The highest BCUT2D eigenvalue weighted by molar-refractivity contribution is 6.18. The second kappa shape index (κ2) is 5.83. The number of hydrogen-bond donors (Lipinski definition) is 0. The molecule has 0 radical (unpaired) electrons. The second-order valence-electron chi connectivity index (χ2n) is 5.27. The van der Waals surface area contributed by atoms with Crippen molar-refractivity contribution in [2.45, 2.75) is 44.1 Å². The summed E-state index contributed by atoms with van der Waals surface area (Å²) in [5.41, 5.74) is 1.13. The van der Waals surface area contributed by atoms with Crippen LogP contribution in [-0.4, -0.2) is 6.10 Å². The van der Waals surface area contributed by atoms with Crippen LogP contribution in [0.15, 0.2) is 36.4 Å². The molecule has 1 aliphatic carbocycles. The van der Waals surface area contributed by atoms with Crippen LogP contribution in [0.2, 0.25) is 0 Å². The number of rotatable bonds is 3. The Hall–Kier alpha value is -1.21. The van der Waals surface area contributed by atoms with Crippen LogP contribution >= 0.6 is 11.6 Å². The van der Waals surface area contributed by atoms with Crippen molar-refractivity contribution in [2.24, 2.45) is 0 Å². The number of hydrogen-bond acceptors (Lipinski definition) is 1. The van der Waals surface area contributed by atoms with Gasteiger partial charge in [0.25, 0.3) is 0 Å². The van der Waals surface area contributed by atoms with Gasteiger partial charge < -0.3 is 4.74 Å². The van der Waals surface area contributed by atoms with E-state index in [4.69, 9.17) is 16.3 Å². The predicted molar refractivity (Wildman–Crippen MR) is 81.0 cm³/mol. The van der Waals surface area contributed by atoms with E-state index in [1.54, 1.807) is 0 Å². The van der Waals surface area contributed by atoms with E-state index >= 15 is 0 Å². The van der Waals surface area contributed by atoms with Crippen LogP contribution in [0.4, 0.5) is 0 Å². The van der Waals surface area contributed by atoms with Gasteiger partial charge in [0.2, 0.25) is 0 Å². The van der Waals surface area contributed by atoms with E-state index in [2.05, 4.69) is 36.4 Å². The summed E-state index contributed by atoms with van der Waals surface area (Å²) in [6.45, 7) is 0. The topological polar surface area (TPSA) is 9.23 Å². The van der Waals surface area contributed by atoms with Crippen molar-refractivity contribution in [3.63, 3.8) is 0 Å². The zero-order chi connectivity index (χ0) is 13.1. The Bertz CT molecular complexity index is 558. The van der Waals surface area contributed by atoms with E-state index in [1.807, 2.05) is 0 Å². The lowest BCUT2D eigenvalue weighted by Gasteiger charge is -2.24. The molecule has 1 nitrogen and oxygen atoms in total. The molecule has 0 unspecified atom stereocenters. The Morgan fingerprint density at radius 3 is 2.58 bits per heavy atom. The molecule has 0 aromatic heterocycles. The Balaban J connectivity index is 1.93. The van der Waals surface area contributed by atoms with Gasteiger partial charge in [-0.1, -0.05) is 36.8 Å².